The molecule has 0 spiro atoms. The van der Waals surface area contributed by atoms with Gasteiger partial charge in [-0.1, -0.05) is 61.9 Å². The van der Waals surface area contributed by atoms with Gasteiger partial charge in [0.1, 0.15) is 12.6 Å². The van der Waals surface area contributed by atoms with Crippen LogP contribution < -0.4 is 0 Å². The number of hydrogen-bond donors (Lipinski definition) is 0. The lowest BCUT2D eigenvalue weighted by molar-refractivity contribution is -0.155. The molecule has 4 nitrogen and oxygen atoms in total. The van der Waals surface area contributed by atoms with Crippen molar-refractivity contribution in [2.45, 2.75) is 58.0 Å². The van der Waals surface area contributed by atoms with Crippen molar-refractivity contribution >= 4 is 23.4 Å². The third-order valence-electron chi connectivity index (χ3n) is 5.61. The van der Waals surface area contributed by atoms with E-state index in [-0.39, 0.29) is 24.4 Å². The predicted molar refractivity (Wildman–Crippen MR) is 99.2 cm³/mol. The summed E-state index contributed by atoms with van der Waals surface area (Å²) in [6.45, 7) is 3.10. The van der Waals surface area contributed by atoms with Gasteiger partial charge >= 0.3 is 0 Å². The topological polar surface area (TPSA) is 40.6 Å². The van der Waals surface area contributed by atoms with Crippen molar-refractivity contribution in [2.24, 2.45) is 5.92 Å². The third kappa shape index (κ3) is 4.35. The van der Waals surface area contributed by atoms with Crippen molar-refractivity contribution in [1.29, 1.82) is 0 Å². The van der Waals surface area contributed by atoms with Crippen LogP contribution in [-0.2, 0) is 16.1 Å². The first-order chi connectivity index (χ1) is 12.1. The van der Waals surface area contributed by atoms with Crippen molar-refractivity contribution < 1.29 is 9.59 Å². The summed E-state index contributed by atoms with van der Waals surface area (Å²) in [6.07, 6.45) is 7.50. The fraction of sp³-hybridized carbons (Fsp3) is 0.600. The van der Waals surface area contributed by atoms with Crippen molar-refractivity contribution in [3.8, 4) is 0 Å². The van der Waals surface area contributed by atoms with Crippen molar-refractivity contribution in [3.05, 3.63) is 34.9 Å². The highest BCUT2D eigenvalue weighted by Crippen LogP contribution is 2.27. The zero-order valence-corrected chi connectivity index (χ0v) is 15.7. The van der Waals surface area contributed by atoms with Gasteiger partial charge in [0.15, 0.2) is 0 Å². The van der Waals surface area contributed by atoms with E-state index in [1.165, 1.54) is 32.1 Å². The maximum atomic E-state index is 12.7. The maximum absolute atomic E-state index is 12.7. The fourth-order valence-electron chi connectivity index (χ4n) is 4.03. The Labute approximate surface area is 155 Å². The van der Waals surface area contributed by atoms with Crippen LogP contribution in [-0.4, -0.2) is 40.7 Å². The van der Waals surface area contributed by atoms with Crippen LogP contribution in [0.3, 0.4) is 0 Å². The average Bonchev–Trinajstić information content (AvgIpc) is 2.62. The smallest absolute Gasteiger partial charge is 0.245 e. The molecule has 1 aliphatic heterocycles. The molecule has 0 radical (unpaired) electrons. The summed E-state index contributed by atoms with van der Waals surface area (Å²) in [5, 5.41) is 0.634. The normalized spacial score (nSPS) is 22.6. The number of amides is 2. The Morgan fingerprint density at radius 3 is 2.56 bits per heavy atom. The number of halogens is 1. The lowest BCUT2D eigenvalue weighted by atomic mass is 9.87. The van der Waals surface area contributed by atoms with Crippen LogP contribution in [0, 0.1) is 5.92 Å². The summed E-state index contributed by atoms with van der Waals surface area (Å²) in [5.41, 5.74) is 0.883. The van der Waals surface area contributed by atoms with Crippen molar-refractivity contribution in [1.82, 2.24) is 9.80 Å². The van der Waals surface area contributed by atoms with Crippen LogP contribution in [0.25, 0.3) is 0 Å². The predicted octanol–water partition coefficient (Wildman–Crippen LogP) is 3.87. The summed E-state index contributed by atoms with van der Waals surface area (Å²) in [6, 6.07) is 7.10. The minimum Gasteiger partial charge on any atom is -0.329 e. The van der Waals surface area contributed by atoms with Crippen LogP contribution in [0.4, 0.5) is 0 Å². The Bertz CT molecular complexity index is 628. The Kier molecular flexibility index (Phi) is 6.00. The monoisotopic (exact) mass is 362 g/mol. The number of piperazine rings is 1. The van der Waals surface area contributed by atoms with Crippen LogP contribution in [0.5, 0.6) is 0 Å². The summed E-state index contributed by atoms with van der Waals surface area (Å²) in [7, 11) is 0. The number of benzene rings is 1. The largest absolute Gasteiger partial charge is 0.329 e. The van der Waals surface area contributed by atoms with Gasteiger partial charge in [-0.05, 0) is 30.9 Å². The van der Waals surface area contributed by atoms with Crippen LogP contribution >= 0.6 is 11.6 Å². The Hall–Kier alpha value is -1.55. The quantitative estimate of drug-likeness (QED) is 0.797. The molecule has 1 aromatic carbocycles. The molecule has 2 amide bonds. The molecule has 1 saturated heterocycles. The first kappa shape index (κ1) is 18.2. The highest BCUT2D eigenvalue weighted by Gasteiger charge is 2.36. The van der Waals surface area contributed by atoms with Gasteiger partial charge in [0.2, 0.25) is 11.8 Å². The molecule has 1 aliphatic carbocycles. The summed E-state index contributed by atoms with van der Waals surface area (Å²) >= 11 is 6.20. The summed E-state index contributed by atoms with van der Waals surface area (Å²) in [4.78, 5) is 28.8. The number of hydrogen-bond acceptors (Lipinski definition) is 2. The molecule has 3 rings (SSSR count). The van der Waals surface area contributed by atoms with Crippen molar-refractivity contribution in [2.75, 3.05) is 13.1 Å². The number of carbonyl (C=O) groups excluding carboxylic acids is 2. The van der Waals surface area contributed by atoms with E-state index in [1.807, 2.05) is 31.2 Å². The van der Waals surface area contributed by atoms with Crippen LogP contribution in [0.1, 0.15) is 51.0 Å². The van der Waals surface area contributed by atoms with Gasteiger partial charge in [-0.25, -0.2) is 0 Å². The molecule has 0 aromatic heterocycles. The minimum absolute atomic E-state index is 0.0168. The second-order valence-electron chi connectivity index (χ2n) is 7.34. The lowest BCUT2D eigenvalue weighted by Gasteiger charge is -2.39. The third-order valence-corrected chi connectivity index (χ3v) is 5.97. The molecule has 1 heterocycles. The zero-order valence-electron chi connectivity index (χ0n) is 14.9. The molecule has 1 aromatic rings. The minimum atomic E-state index is -0.382. The van der Waals surface area contributed by atoms with E-state index >= 15 is 0 Å². The van der Waals surface area contributed by atoms with E-state index in [1.54, 1.807) is 9.80 Å². The first-order valence-electron chi connectivity index (χ1n) is 9.38. The van der Waals surface area contributed by atoms with Gasteiger partial charge in [0.05, 0.1) is 0 Å². The molecule has 2 aliphatic rings. The molecule has 5 heteroatoms. The van der Waals surface area contributed by atoms with Crippen molar-refractivity contribution in [3.63, 3.8) is 0 Å². The number of carbonyl (C=O) groups is 2. The van der Waals surface area contributed by atoms with Gasteiger partial charge in [-0.3, -0.25) is 9.59 Å². The second-order valence-corrected chi connectivity index (χ2v) is 7.75. The van der Waals surface area contributed by atoms with E-state index in [9.17, 15) is 9.59 Å². The standard InChI is InChI=1S/C20H27ClN2O2/c1-15-20(25)22(13-17-9-5-6-10-18(17)21)14-19(24)23(15)12-11-16-7-3-2-4-8-16/h5-6,9-10,15-16H,2-4,7-8,11-14H2,1H3/t15-/m0/s1. The summed E-state index contributed by atoms with van der Waals surface area (Å²) < 4.78 is 0. The molecule has 0 unspecified atom stereocenters. The molecule has 1 atom stereocenters. The van der Waals surface area contributed by atoms with E-state index < -0.39 is 0 Å². The highest BCUT2D eigenvalue weighted by atomic mass is 35.5. The zero-order chi connectivity index (χ0) is 17.8. The van der Waals surface area contributed by atoms with Gasteiger partial charge in [0.25, 0.3) is 0 Å². The van der Waals surface area contributed by atoms with Gasteiger partial charge in [-0.2, -0.15) is 0 Å². The Morgan fingerprint density at radius 2 is 1.84 bits per heavy atom. The maximum Gasteiger partial charge on any atom is 0.245 e. The van der Waals surface area contributed by atoms with Crippen LogP contribution in [0.15, 0.2) is 24.3 Å². The number of nitrogens with zero attached hydrogens (tertiary/aromatic N) is 2. The molecular weight excluding hydrogens is 336 g/mol. The van der Waals surface area contributed by atoms with Crippen LogP contribution in [0.2, 0.25) is 5.02 Å². The lowest BCUT2D eigenvalue weighted by Crippen LogP contribution is -2.58. The van der Waals surface area contributed by atoms with E-state index in [4.69, 9.17) is 11.6 Å². The average molecular weight is 363 g/mol. The molecule has 2 fully saturated rings. The molecule has 0 bridgehead atoms. The molecule has 25 heavy (non-hydrogen) atoms. The first-order valence-corrected chi connectivity index (χ1v) is 9.75. The summed E-state index contributed by atoms with van der Waals surface area (Å²) in [5.74, 6) is 0.781. The fourth-order valence-corrected chi connectivity index (χ4v) is 4.22. The number of rotatable bonds is 5. The molecule has 0 N–H and O–H groups in total. The Morgan fingerprint density at radius 1 is 1.12 bits per heavy atom. The Balaban J connectivity index is 1.60. The highest BCUT2D eigenvalue weighted by molar-refractivity contribution is 6.31. The van der Waals surface area contributed by atoms with Gasteiger partial charge < -0.3 is 9.80 Å². The van der Waals surface area contributed by atoms with Gasteiger partial charge in [-0.15, -0.1) is 0 Å². The van der Waals surface area contributed by atoms with E-state index in [2.05, 4.69) is 0 Å². The van der Waals surface area contributed by atoms with Gasteiger partial charge in [0, 0.05) is 18.1 Å². The van der Waals surface area contributed by atoms with E-state index in [0.717, 1.165) is 12.0 Å². The second kappa shape index (κ2) is 8.22. The SMILES string of the molecule is C[C@H]1C(=O)N(Cc2ccccc2Cl)CC(=O)N1CCC1CCCCC1. The molecule has 136 valence electrons. The molecule has 1 saturated carbocycles. The molecular formula is C20H27ClN2O2. The van der Waals surface area contributed by atoms with E-state index in [0.29, 0.717) is 24.0 Å².